The molecule has 0 spiro atoms. The van der Waals surface area contributed by atoms with Crippen LogP contribution in [0, 0.1) is 0 Å². The molecule has 2 aromatic heterocycles. The number of sulfone groups is 1. The van der Waals surface area contributed by atoms with E-state index >= 15 is 0 Å². The van der Waals surface area contributed by atoms with Crippen LogP contribution in [0.2, 0.25) is 0 Å². The highest BCUT2D eigenvalue weighted by molar-refractivity contribution is 7.92. The average molecular weight is 480 g/mol. The summed E-state index contributed by atoms with van der Waals surface area (Å²) in [6, 6.07) is 11.4. The molecule has 12 heteroatoms. The fourth-order valence-corrected chi connectivity index (χ4v) is 4.20. The van der Waals surface area contributed by atoms with Crippen molar-refractivity contribution in [2.45, 2.75) is 16.9 Å². The summed E-state index contributed by atoms with van der Waals surface area (Å²) in [6.45, 7) is 2.38. The van der Waals surface area contributed by atoms with Gasteiger partial charge in [-0.05, 0) is 54.1 Å². The van der Waals surface area contributed by atoms with Gasteiger partial charge in [-0.15, -0.1) is 0 Å². The number of rotatable bonds is 6. The molecule has 1 aliphatic heterocycles. The highest BCUT2D eigenvalue weighted by Crippen LogP contribution is 2.31. The van der Waals surface area contributed by atoms with Gasteiger partial charge in [0.25, 0.3) is 15.7 Å². The molecule has 0 aliphatic carbocycles. The quantitative estimate of drug-likeness (QED) is 0.577. The number of alkyl halides is 3. The third-order valence-corrected chi connectivity index (χ3v) is 6.59. The molecule has 0 unspecified atom stereocenters. The first-order valence-electron chi connectivity index (χ1n) is 9.82. The first-order chi connectivity index (χ1) is 15.6. The number of nitrogens with one attached hydrogen (secondary N) is 1. The van der Waals surface area contributed by atoms with E-state index in [2.05, 4.69) is 15.2 Å². The number of anilines is 2. The molecule has 0 saturated carbocycles. The van der Waals surface area contributed by atoms with Crippen molar-refractivity contribution in [3.63, 3.8) is 0 Å². The zero-order chi connectivity index (χ0) is 23.6. The lowest BCUT2D eigenvalue weighted by Gasteiger charge is -2.20. The lowest BCUT2D eigenvalue weighted by atomic mass is 10.2. The second kappa shape index (κ2) is 8.87. The Kier molecular flexibility index (Phi) is 6.13. The number of carbonyl (C=O) groups excluding carboxylic acids is 1. The first kappa shape index (κ1) is 22.8. The Morgan fingerprint density at radius 1 is 1.12 bits per heavy atom. The predicted octanol–water partition coefficient (Wildman–Crippen LogP) is 3.50. The fourth-order valence-electron chi connectivity index (χ4n) is 3.44. The number of hydrogen-bond acceptors (Lipinski definition) is 7. The molecule has 1 amide bonds. The van der Waals surface area contributed by atoms with Crippen LogP contribution < -0.4 is 10.2 Å². The highest BCUT2D eigenvalue weighted by atomic mass is 32.2. The van der Waals surface area contributed by atoms with E-state index in [4.69, 9.17) is 4.42 Å². The van der Waals surface area contributed by atoms with Gasteiger partial charge in [0.15, 0.2) is 5.76 Å². The third-order valence-electron chi connectivity index (χ3n) is 5.09. The average Bonchev–Trinajstić information content (AvgIpc) is 3.46. The summed E-state index contributed by atoms with van der Waals surface area (Å²) in [7, 11) is -5.37. The Labute approximate surface area is 187 Å². The van der Waals surface area contributed by atoms with Gasteiger partial charge in [-0.2, -0.15) is 13.2 Å². The number of pyridine rings is 1. The molecule has 1 fully saturated rings. The molecule has 0 radical (unpaired) electrons. The summed E-state index contributed by atoms with van der Waals surface area (Å²) < 4.78 is 66.2. The van der Waals surface area contributed by atoms with Gasteiger partial charge >= 0.3 is 5.51 Å². The van der Waals surface area contributed by atoms with Crippen molar-refractivity contribution in [1.29, 1.82) is 0 Å². The summed E-state index contributed by atoms with van der Waals surface area (Å²) in [5.74, 6) is 0.144. The number of hydrogen-bond donors (Lipinski definition) is 1. The summed E-state index contributed by atoms with van der Waals surface area (Å²) in [4.78, 5) is 19.5. The van der Waals surface area contributed by atoms with Crippen molar-refractivity contribution in [1.82, 2.24) is 9.88 Å². The molecule has 1 saturated heterocycles. The first-order valence-corrected chi connectivity index (χ1v) is 11.3. The van der Waals surface area contributed by atoms with Gasteiger partial charge in [-0.25, -0.2) is 13.4 Å². The maximum Gasteiger partial charge on any atom is 0.501 e. The van der Waals surface area contributed by atoms with Crippen molar-refractivity contribution >= 4 is 27.2 Å². The van der Waals surface area contributed by atoms with Crippen LogP contribution in [0.4, 0.5) is 24.7 Å². The molecule has 4 rings (SSSR count). The van der Waals surface area contributed by atoms with E-state index in [0.717, 1.165) is 17.7 Å². The van der Waals surface area contributed by atoms with E-state index < -0.39 is 26.1 Å². The monoisotopic (exact) mass is 480 g/mol. The standard InChI is InChI=1S/C21H19F3N4O4S/c22-21(23,24)33(30,31)17-5-3-16(4-6-17)28-10-9-27(14-28)13-15-7-8-25-19(12-15)26-20(29)18-2-1-11-32-18/h1-8,11-12H,9-10,13-14H2,(H,25,26,29). The smallest absolute Gasteiger partial charge is 0.459 e. The van der Waals surface area contributed by atoms with Gasteiger partial charge in [-0.1, -0.05) is 0 Å². The zero-order valence-electron chi connectivity index (χ0n) is 17.1. The second-order valence-corrected chi connectivity index (χ2v) is 9.32. The van der Waals surface area contributed by atoms with E-state index in [1.807, 2.05) is 11.0 Å². The van der Waals surface area contributed by atoms with Crippen molar-refractivity contribution < 1.29 is 30.8 Å². The molecule has 3 aromatic rings. The molecular formula is C21H19F3N4O4S. The Balaban J connectivity index is 1.37. The van der Waals surface area contributed by atoms with Crippen LogP contribution >= 0.6 is 0 Å². The largest absolute Gasteiger partial charge is 0.501 e. The third kappa shape index (κ3) is 5.01. The van der Waals surface area contributed by atoms with E-state index in [1.54, 1.807) is 24.4 Å². The molecule has 0 bridgehead atoms. The topological polar surface area (TPSA) is 95.8 Å². The minimum absolute atomic E-state index is 0.173. The number of nitrogens with zero attached hydrogens (tertiary/aromatic N) is 3. The van der Waals surface area contributed by atoms with Gasteiger partial charge in [0.2, 0.25) is 0 Å². The fraction of sp³-hybridized carbons (Fsp3) is 0.238. The molecule has 0 atom stereocenters. The number of amides is 1. The number of aromatic nitrogens is 1. The number of carbonyl (C=O) groups is 1. The number of furan rings is 1. The van der Waals surface area contributed by atoms with Gasteiger partial charge in [0, 0.05) is 31.5 Å². The Morgan fingerprint density at radius 2 is 1.88 bits per heavy atom. The van der Waals surface area contributed by atoms with Crippen LogP contribution in [-0.4, -0.2) is 49.5 Å². The Hall–Kier alpha value is -3.38. The van der Waals surface area contributed by atoms with Gasteiger partial charge < -0.3 is 14.6 Å². The van der Waals surface area contributed by atoms with Crippen LogP contribution in [-0.2, 0) is 16.4 Å². The maximum absolute atomic E-state index is 12.7. The summed E-state index contributed by atoms with van der Waals surface area (Å²) >= 11 is 0. The van der Waals surface area contributed by atoms with Gasteiger partial charge in [0.05, 0.1) is 17.8 Å². The summed E-state index contributed by atoms with van der Waals surface area (Å²) in [6.07, 6.45) is 2.99. The van der Waals surface area contributed by atoms with Crippen LogP contribution in [0.3, 0.4) is 0 Å². The van der Waals surface area contributed by atoms with Gasteiger partial charge in [-0.3, -0.25) is 9.69 Å². The molecule has 3 heterocycles. The van der Waals surface area contributed by atoms with Crippen molar-refractivity contribution in [2.75, 3.05) is 30.0 Å². The molecule has 33 heavy (non-hydrogen) atoms. The summed E-state index contributed by atoms with van der Waals surface area (Å²) in [5.41, 5.74) is -3.80. The molecule has 8 nitrogen and oxygen atoms in total. The normalized spacial score (nSPS) is 15.1. The highest BCUT2D eigenvalue weighted by Gasteiger charge is 2.46. The van der Waals surface area contributed by atoms with Crippen LogP contribution in [0.1, 0.15) is 16.1 Å². The van der Waals surface area contributed by atoms with Crippen molar-refractivity contribution in [3.05, 3.63) is 72.3 Å². The maximum atomic E-state index is 12.7. The van der Waals surface area contributed by atoms with Crippen molar-refractivity contribution in [3.8, 4) is 0 Å². The molecule has 1 N–H and O–H groups in total. The molecular weight excluding hydrogens is 461 g/mol. The number of halogens is 3. The Morgan fingerprint density at radius 3 is 2.55 bits per heavy atom. The summed E-state index contributed by atoms with van der Waals surface area (Å²) in [5, 5.41) is 2.67. The molecule has 174 valence electrons. The van der Waals surface area contributed by atoms with Crippen LogP contribution in [0.15, 0.2) is 70.3 Å². The molecule has 1 aliphatic rings. The second-order valence-electron chi connectivity index (χ2n) is 7.38. The SMILES string of the molecule is O=C(Nc1cc(CN2CCN(c3ccc(S(=O)(=O)C(F)(F)F)cc3)C2)ccn1)c1ccco1. The molecule has 1 aromatic carbocycles. The lowest BCUT2D eigenvalue weighted by Crippen LogP contribution is -2.25. The van der Waals surface area contributed by atoms with Gasteiger partial charge in [0.1, 0.15) is 5.82 Å². The minimum atomic E-state index is -5.37. The van der Waals surface area contributed by atoms with Crippen molar-refractivity contribution in [2.24, 2.45) is 0 Å². The lowest BCUT2D eigenvalue weighted by molar-refractivity contribution is -0.0436. The Bertz CT molecular complexity index is 1230. The predicted molar refractivity (Wildman–Crippen MR) is 113 cm³/mol. The number of benzene rings is 1. The van der Waals surface area contributed by atoms with Crippen LogP contribution in [0.25, 0.3) is 0 Å². The van der Waals surface area contributed by atoms with Crippen LogP contribution in [0.5, 0.6) is 0 Å². The van der Waals surface area contributed by atoms with E-state index in [0.29, 0.717) is 37.8 Å². The van der Waals surface area contributed by atoms with E-state index in [9.17, 15) is 26.4 Å². The zero-order valence-corrected chi connectivity index (χ0v) is 17.9. The van der Waals surface area contributed by atoms with E-state index in [1.165, 1.54) is 18.4 Å². The minimum Gasteiger partial charge on any atom is -0.459 e. The van der Waals surface area contributed by atoms with E-state index in [-0.39, 0.29) is 5.76 Å².